The van der Waals surface area contributed by atoms with E-state index in [4.69, 9.17) is 0 Å². The maximum atomic E-state index is 13.1. The number of hydrogen-bond acceptors (Lipinski definition) is 3. The molecule has 1 fully saturated rings. The summed E-state index contributed by atoms with van der Waals surface area (Å²) in [6.07, 6.45) is 3.62. The molecule has 0 radical (unpaired) electrons. The smallest absolute Gasteiger partial charge is 0.266 e. The number of rotatable bonds is 3. The van der Waals surface area contributed by atoms with E-state index in [9.17, 15) is 9.18 Å². The van der Waals surface area contributed by atoms with E-state index >= 15 is 0 Å². The molecule has 1 aromatic heterocycles. The Morgan fingerprint density at radius 2 is 2.40 bits per heavy atom. The average molecular weight is 211 g/mol. The van der Waals surface area contributed by atoms with Crippen LogP contribution in [0.2, 0.25) is 0 Å². The van der Waals surface area contributed by atoms with Gasteiger partial charge >= 0.3 is 0 Å². The highest BCUT2D eigenvalue weighted by Crippen LogP contribution is 2.23. The molecule has 0 atom stereocenters. The molecule has 0 aliphatic carbocycles. The summed E-state index contributed by atoms with van der Waals surface area (Å²) in [6, 6.07) is 0. The first kappa shape index (κ1) is 10.3. The lowest BCUT2D eigenvalue weighted by Crippen LogP contribution is -2.57. The first-order valence-electron chi connectivity index (χ1n) is 5.00. The largest absolute Gasteiger partial charge is 0.326 e. The molecule has 0 aromatic carbocycles. The van der Waals surface area contributed by atoms with Gasteiger partial charge in [-0.3, -0.25) is 14.7 Å². The van der Waals surface area contributed by atoms with Crippen LogP contribution in [0.4, 0.5) is 4.39 Å². The molecule has 82 valence electrons. The number of alkyl halides is 1. The molecule has 0 bridgehead atoms. The van der Waals surface area contributed by atoms with Crippen molar-refractivity contribution in [3.8, 4) is 0 Å². The third kappa shape index (κ3) is 2.62. The third-order valence-electron chi connectivity index (χ3n) is 2.52. The summed E-state index contributed by atoms with van der Waals surface area (Å²) in [5.74, 6) is 0. The van der Waals surface area contributed by atoms with Crippen LogP contribution < -0.4 is 5.56 Å². The van der Waals surface area contributed by atoms with E-state index in [2.05, 4.69) is 9.97 Å². The number of halogens is 1. The van der Waals surface area contributed by atoms with Crippen LogP contribution in [0.5, 0.6) is 0 Å². The van der Waals surface area contributed by atoms with Gasteiger partial charge in [0.2, 0.25) is 0 Å². The van der Waals surface area contributed by atoms with Gasteiger partial charge in [-0.2, -0.15) is 0 Å². The van der Waals surface area contributed by atoms with Gasteiger partial charge in [-0.05, 0) is 6.92 Å². The van der Waals surface area contributed by atoms with Crippen molar-refractivity contribution < 1.29 is 4.39 Å². The van der Waals surface area contributed by atoms with E-state index in [0.29, 0.717) is 13.1 Å². The van der Waals surface area contributed by atoms with Crippen LogP contribution >= 0.6 is 0 Å². The lowest BCUT2D eigenvalue weighted by molar-refractivity contribution is -0.0164. The standard InChI is InChI=1S/C10H14FN3O/c1-10(11)6-14(7-10)3-2-8-4-13-9(15)5-12-8/h4-5H,2-3,6-7H2,1H3,(H,13,15). The second kappa shape index (κ2) is 3.73. The summed E-state index contributed by atoms with van der Waals surface area (Å²) in [7, 11) is 0. The van der Waals surface area contributed by atoms with Crippen molar-refractivity contribution in [1.82, 2.24) is 14.9 Å². The second-order valence-corrected chi connectivity index (χ2v) is 4.28. The van der Waals surface area contributed by atoms with Gasteiger partial charge in [0.15, 0.2) is 0 Å². The van der Waals surface area contributed by atoms with Crippen molar-refractivity contribution in [2.75, 3.05) is 19.6 Å². The van der Waals surface area contributed by atoms with Gasteiger partial charge in [0.05, 0.1) is 11.9 Å². The number of nitrogens with one attached hydrogen (secondary N) is 1. The molecule has 0 unspecified atom stereocenters. The molecule has 5 heteroatoms. The third-order valence-corrected chi connectivity index (χ3v) is 2.52. The van der Waals surface area contributed by atoms with Crippen LogP contribution in [0.3, 0.4) is 0 Å². The summed E-state index contributed by atoms with van der Waals surface area (Å²) in [5.41, 5.74) is -0.376. The molecule has 1 aliphatic rings. The fourth-order valence-corrected chi connectivity index (χ4v) is 1.82. The lowest BCUT2D eigenvalue weighted by atomic mass is 9.99. The monoisotopic (exact) mass is 211 g/mol. The van der Waals surface area contributed by atoms with Crippen molar-refractivity contribution in [2.45, 2.75) is 19.0 Å². The van der Waals surface area contributed by atoms with Gasteiger partial charge < -0.3 is 4.98 Å². The highest BCUT2D eigenvalue weighted by Gasteiger charge is 2.38. The molecule has 4 nitrogen and oxygen atoms in total. The number of hydrogen-bond donors (Lipinski definition) is 1. The molecule has 1 aliphatic heterocycles. The number of H-pyrrole nitrogens is 1. The molecule has 1 aromatic rings. The van der Waals surface area contributed by atoms with Gasteiger partial charge in [-0.15, -0.1) is 0 Å². The maximum absolute atomic E-state index is 13.1. The Morgan fingerprint density at radius 1 is 1.67 bits per heavy atom. The molecule has 1 N–H and O–H groups in total. The first-order valence-corrected chi connectivity index (χ1v) is 5.00. The highest BCUT2D eigenvalue weighted by atomic mass is 19.1. The summed E-state index contributed by atoms with van der Waals surface area (Å²) in [6.45, 7) is 3.40. The Hall–Kier alpha value is -1.23. The van der Waals surface area contributed by atoms with Crippen LogP contribution in [0.25, 0.3) is 0 Å². The van der Waals surface area contributed by atoms with E-state index in [-0.39, 0.29) is 5.56 Å². The van der Waals surface area contributed by atoms with E-state index in [0.717, 1.165) is 18.7 Å². The summed E-state index contributed by atoms with van der Waals surface area (Å²) >= 11 is 0. The number of likely N-dealkylation sites (tertiary alicyclic amines) is 1. The molecule has 0 spiro atoms. The molecule has 2 rings (SSSR count). The maximum Gasteiger partial charge on any atom is 0.266 e. The fraction of sp³-hybridized carbons (Fsp3) is 0.600. The van der Waals surface area contributed by atoms with Gasteiger partial charge in [-0.1, -0.05) is 0 Å². The van der Waals surface area contributed by atoms with Crippen molar-refractivity contribution in [1.29, 1.82) is 0 Å². The molecule has 1 saturated heterocycles. The van der Waals surface area contributed by atoms with E-state index in [1.165, 1.54) is 6.20 Å². The Bertz CT molecular complexity index is 373. The normalized spacial score (nSPS) is 19.9. The SMILES string of the molecule is CC1(F)CN(CCc2c[nH]c(=O)cn2)C1. The number of aromatic nitrogens is 2. The summed E-state index contributed by atoms with van der Waals surface area (Å²) in [4.78, 5) is 19.3. The Labute approximate surface area is 87.1 Å². The highest BCUT2D eigenvalue weighted by molar-refractivity contribution is 4.98. The van der Waals surface area contributed by atoms with Crippen molar-refractivity contribution in [2.24, 2.45) is 0 Å². The molecular weight excluding hydrogens is 197 g/mol. The van der Waals surface area contributed by atoms with Crippen molar-refractivity contribution in [3.63, 3.8) is 0 Å². The number of nitrogens with zero attached hydrogens (tertiary/aromatic N) is 2. The fourth-order valence-electron chi connectivity index (χ4n) is 1.82. The van der Waals surface area contributed by atoms with Crippen molar-refractivity contribution in [3.05, 3.63) is 28.4 Å². The van der Waals surface area contributed by atoms with E-state index < -0.39 is 5.67 Å². The van der Waals surface area contributed by atoms with Gasteiger partial charge in [0.1, 0.15) is 5.67 Å². The minimum Gasteiger partial charge on any atom is -0.326 e. The predicted molar refractivity (Wildman–Crippen MR) is 54.5 cm³/mol. The molecule has 15 heavy (non-hydrogen) atoms. The summed E-state index contributed by atoms with van der Waals surface area (Å²) < 4.78 is 13.1. The zero-order valence-electron chi connectivity index (χ0n) is 8.66. The van der Waals surface area contributed by atoms with E-state index in [1.807, 2.05) is 4.90 Å². The van der Waals surface area contributed by atoms with Crippen molar-refractivity contribution >= 4 is 0 Å². The average Bonchev–Trinajstić information content (AvgIpc) is 2.14. The van der Waals surface area contributed by atoms with Crippen LogP contribution in [-0.2, 0) is 6.42 Å². The zero-order valence-corrected chi connectivity index (χ0v) is 8.66. The summed E-state index contributed by atoms with van der Waals surface area (Å²) in [5, 5.41) is 0. The molecule has 0 saturated carbocycles. The Morgan fingerprint density at radius 3 is 2.93 bits per heavy atom. The minimum absolute atomic E-state index is 0.195. The van der Waals surface area contributed by atoms with Crippen LogP contribution in [0.1, 0.15) is 12.6 Å². The van der Waals surface area contributed by atoms with Crippen LogP contribution in [0.15, 0.2) is 17.2 Å². The van der Waals surface area contributed by atoms with Gasteiger partial charge in [0, 0.05) is 32.3 Å². The second-order valence-electron chi connectivity index (χ2n) is 4.28. The minimum atomic E-state index is -1.02. The topological polar surface area (TPSA) is 49.0 Å². The van der Waals surface area contributed by atoms with E-state index in [1.54, 1.807) is 13.1 Å². The predicted octanol–water partition coefficient (Wildman–Crippen LogP) is 0.356. The molecule has 2 heterocycles. The van der Waals surface area contributed by atoms with Gasteiger partial charge in [0.25, 0.3) is 5.56 Å². The molecular formula is C10H14FN3O. The van der Waals surface area contributed by atoms with Gasteiger partial charge in [-0.25, -0.2) is 4.39 Å². The quantitative estimate of drug-likeness (QED) is 0.785. The number of aromatic amines is 1. The van der Waals surface area contributed by atoms with Crippen LogP contribution in [-0.4, -0.2) is 40.2 Å². The van der Waals surface area contributed by atoms with Crippen LogP contribution in [0, 0.1) is 0 Å². The Kier molecular flexibility index (Phi) is 2.56. The first-order chi connectivity index (χ1) is 7.05. The molecule has 0 amide bonds. The Balaban J connectivity index is 1.80. The lowest BCUT2D eigenvalue weighted by Gasteiger charge is -2.42. The zero-order chi connectivity index (χ0) is 10.9.